The molecule has 0 bridgehead atoms. The summed E-state index contributed by atoms with van der Waals surface area (Å²) in [7, 11) is 1.48. The van der Waals surface area contributed by atoms with Gasteiger partial charge in [-0.15, -0.1) is 0 Å². The van der Waals surface area contributed by atoms with E-state index in [-0.39, 0.29) is 11.2 Å². The number of benzene rings is 1. The lowest BCUT2D eigenvalue weighted by molar-refractivity contribution is 0.725. The Morgan fingerprint density at radius 2 is 1.82 bits per heavy atom. The van der Waals surface area contributed by atoms with Gasteiger partial charge in [-0.1, -0.05) is 25.1 Å². The van der Waals surface area contributed by atoms with Gasteiger partial charge in [0.05, 0.1) is 5.69 Å². The van der Waals surface area contributed by atoms with Crippen molar-refractivity contribution in [2.75, 3.05) is 0 Å². The van der Waals surface area contributed by atoms with Crippen LogP contribution >= 0.6 is 0 Å². The van der Waals surface area contributed by atoms with Crippen molar-refractivity contribution in [3.8, 4) is 5.69 Å². The van der Waals surface area contributed by atoms with E-state index in [1.807, 2.05) is 31.2 Å². The second kappa shape index (κ2) is 4.41. The zero-order chi connectivity index (χ0) is 12.4. The third kappa shape index (κ3) is 1.93. The predicted molar refractivity (Wildman–Crippen MR) is 66.7 cm³/mol. The van der Waals surface area contributed by atoms with Crippen LogP contribution in [0.2, 0.25) is 0 Å². The Morgan fingerprint density at radius 1 is 1.12 bits per heavy atom. The van der Waals surface area contributed by atoms with E-state index in [1.165, 1.54) is 23.9 Å². The first kappa shape index (κ1) is 11.4. The molecule has 0 spiro atoms. The van der Waals surface area contributed by atoms with Gasteiger partial charge in [0.1, 0.15) is 0 Å². The Balaban J connectivity index is 2.74. The Labute approximate surface area is 98.8 Å². The van der Waals surface area contributed by atoms with Gasteiger partial charge in [-0.25, -0.2) is 4.79 Å². The summed E-state index contributed by atoms with van der Waals surface area (Å²) in [6.45, 7) is 2.03. The number of rotatable bonds is 2. The molecule has 0 N–H and O–H groups in total. The molecule has 0 amide bonds. The smallest absolute Gasteiger partial charge is 0.269 e. The molecule has 0 aliphatic rings. The average Bonchev–Trinajstić information content (AvgIpc) is 2.36. The summed E-state index contributed by atoms with van der Waals surface area (Å²) >= 11 is 0. The lowest BCUT2D eigenvalue weighted by atomic mass is 10.1. The zero-order valence-electron chi connectivity index (χ0n) is 9.88. The summed E-state index contributed by atoms with van der Waals surface area (Å²) in [4.78, 5) is 23.3. The molecule has 0 saturated heterocycles. The molecule has 88 valence electrons. The summed E-state index contributed by atoms with van der Waals surface area (Å²) in [5.74, 6) is 0. The van der Waals surface area contributed by atoms with Crippen LogP contribution in [0.5, 0.6) is 0 Å². The van der Waals surface area contributed by atoms with E-state index in [1.54, 1.807) is 0 Å². The minimum absolute atomic E-state index is 0.291. The van der Waals surface area contributed by atoms with Gasteiger partial charge in [-0.3, -0.25) is 13.9 Å². The largest absolute Gasteiger partial charge is 0.335 e. The number of hydrogen-bond donors (Lipinski definition) is 0. The standard InChI is InChI=1S/C13H14N2O2/c1-3-10-6-4-5-7-11(10)15-9-8-12(16)14(2)13(15)17/h4-9H,3H2,1-2H3. The van der Waals surface area contributed by atoms with Gasteiger partial charge in [0.15, 0.2) is 0 Å². The predicted octanol–water partition coefficient (Wildman–Crippen LogP) is 1.10. The van der Waals surface area contributed by atoms with E-state index < -0.39 is 0 Å². The summed E-state index contributed by atoms with van der Waals surface area (Å²) in [6, 6.07) is 9.08. The van der Waals surface area contributed by atoms with Crippen LogP contribution in [-0.4, -0.2) is 9.13 Å². The molecule has 0 fully saturated rings. The number of aromatic nitrogens is 2. The molecule has 1 aromatic heterocycles. The van der Waals surface area contributed by atoms with Gasteiger partial charge in [0.2, 0.25) is 0 Å². The molecule has 4 heteroatoms. The quantitative estimate of drug-likeness (QED) is 0.775. The summed E-state index contributed by atoms with van der Waals surface area (Å²) in [6.07, 6.45) is 2.37. The number of aryl methyl sites for hydroxylation is 1. The van der Waals surface area contributed by atoms with Gasteiger partial charge in [-0.2, -0.15) is 0 Å². The van der Waals surface area contributed by atoms with Crippen LogP contribution in [0, 0.1) is 0 Å². The lowest BCUT2D eigenvalue weighted by Crippen LogP contribution is -2.36. The van der Waals surface area contributed by atoms with Crippen molar-refractivity contribution in [3.05, 3.63) is 62.9 Å². The van der Waals surface area contributed by atoms with Gasteiger partial charge >= 0.3 is 5.69 Å². The third-order valence-corrected chi connectivity index (χ3v) is 2.82. The molecule has 0 radical (unpaired) electrons. The number of nitrogens with zero attached hydrogens (tertiary/aromatic N) is 2. The molecular formula is C13H14N2O2. The first-order valence-electron chi connectivity index (χ1n) is 5.52. The SMILES string of the molecule is CCc1ccccc1-n1ccc(=O)n(C)c1=O. The molecule has 17 heavy (non-hydrogen) atoms. The lowest BCUT2D eigenvalue weighted by Gasteiger charge is -2.10. The fraction of sp³-hybridized carbons (Fsp3) is 0.231. The highest BCUT2D eigenvalue weighted by Crippen LogP contribution is 2.12. The van der Waals surface area contributed by atoms with E-state index in [9.17, 15) is 9.59 Å². The van der Waals surface area contributed by atoms with Crippen molar-refractivity contribution >= 4 is 0 Å². The maximum atomic E-state index is 12.0. The number of hydrogen-bond acceptors (Lipinski definition) is 2. The van der Waals surface area contributed by atoms with Gasteiger partial charge in [-0.05, 0) is 18.1 Å². The topological polar surface area (TPSA) is 44.0 Å². The minimum atomic E-state index is -0.321. The van der Waals surface area contributed by atoms with E-state index in [0.29, 0.717) is 0 Å². The molecular weight excluding hydrogens is 216 g/mol. The molecule has 0 aliphatic heterocycles. The first-order valence-corrected chi connectivity index (χ1v) is 5.52. The molecule has 0 unspecified atom stereocenters. The summed E-state index contributed by atoms with van der Waals surface area (Å²) in [5.41, 5.74) is 1.29. The van der Waals surface area contributed by atoms with Gasteiger partial charge in [0, 0.05) is 19.3 Å². The Hall–Kier alpha value is -2.10. The summed E-state index contributed by atoms with van der Waals surface area (Å²) < 4.78 is 2.60. The Bertz CT molecular complexity index is 653. The van der Waals surface area contributed by atoms with E-state index in [2.05, 4.69) is 0 Å². The van der Waals surface area contributed by atoms with Crippen molar-refractivity contribution in [1.29, 1.82) is 0 Å². The molecule has 1 aromatic carbocycles. The van der Waals surface area contributed by atoms with E-state index in [0.717, 1.165) is 22.2 Å². The van der Waals surface area contributed by atoms with Crippen LogP contribution in [0.25, 0.3) is 5.69 Å². The molecule has 0 atom stereocenters. The van der Waals surface area contributed by atoms with E-state index in [4.69, 9.17) is 0 Å². The molecule has 0 aliphatic carbocycles. The van der Waals surface area contributed by atoms with Crippen molar-refractivity contribution < 1.29 is 0 Å². The average molecular weight is 230 g/mol. The molecule has 2 aromatic rings. The van der Waals surface area contributed by atoms with Crippen LogP contribution in [-0.2, 0) is 13.5 Å². The maximum absolute atomic E-state index is 12.0. The normalized spacial score (nSPS) is 10.5. The highest BCUT2D eigenvalue weighted by molar-refractivity contribution is 5.40. The van der Waals surface area contributed by atoms with Crippen molar-refractivity contribution in [3.63, 3.8) is 0 Å². The van der Waals surface area contributed by atoms with Gasteiger partial charge in [0.25, 0.3) is 5.56 Å². The van der Waals surface area contributed by atoms with Crippen molar-refractivity contribution in [1.82, 2.24) is 9.13 Å². The van der Waals surface area contributed by atoms with Crippen LogP contribution in [0.1, 0.15) is 12.5 Å². The fourth-order valence-electron chi connectivity index (χ4n) is 1.80. The maximum Gasteiger partial charge on any atom is 0.335 e. The van der Waals surface area contributed by atoms with E-state index >= 15 is 0 Å². The first-order chi connectivity index (χ1) is 8.15. The van der Waals surface area contributed by atoms with Crippen LogP contribution < -0.4 is 11.2 Å². The fourth-order valence-corrected chi connectivity index (χ4v) is 1.80. The molecule has 0 saturated carbocycles. The zero-order valence-corrected chi connectivity index (χ0v) is 9.88. The van der Waals surface area contributed by atoms with Crippen LogP contribution in [0.3, 0.4) is 0 Å². The van der Waals surface area contributed by atoms with Gasteiger partial charge < -0.3 is 0 Å². The molecule has 4 nitrogen and oxygen atoms in total. The second-order valence-corrected chi connectivity index (χ2v) is 3.85. The van der Waals surface area contributed by atoms with Crippen LogP contribution in [0.15, 0.2) is 46.1 Å². The van der Waals surface area contributed by atoms with Crippen molar-refractivity contribution in [2.24, 2.45) is 7.05 Å². The number of para-hydroxylation sites is 1. The third-order valence-electron chi connectivity index (χ3n) is 2.82. The van der Waals surface area contributed by atoms with Crippen molar-refractivity contribution in [2.45, 2.75) is 13.3 Å². The Kier molecular flexibility index (Phi) is 2.95. The molecule has 2 rings (SSSR count). The monoisotopic (exact) mass is 230 g/mol. The molecule has 1 heterocycles. The minimum Gasteiger partial charge on any atom is -0.269 e. The second-order valence-electron chi connectivity index (χ2n) is 3.85. The highest BCUT2D eigenvalue weighted by Gasteiger charge is 2.06. The highest BCUT2D eigenvalue weighted by atomic mass is 16.2. The van der Waals surface area contributed by atoms with Crippen LogP contribution in [0.4, 0.5) is 0 Å². The summed E-state index contributed by atoms with van der Waals surface area (Å²) in [5, 5.41) is 0. The Morgan fingerprint density at radius 3 is 2.53 bits per heavy atom.